The summed E-state index contributed by atoms with van der Waals surface area (Å²) in [6.07, 6.45) is 4.94. The van der Waals surface area contributed by atoms with E-state index in [2.05, 4.69) is 34.9 Å². The number of rotatable bonds is 6. The molecular formula is C20H29N5O. The lowest BCUT2D eigenvalue weighted by Gasteiger charge is -2.26. The van der Waals surface area contributed by atoms with Crippen molar-refractivity contribution >= 4 is 11.7 Å². The molecule has 0 bridgehead atoms. The summed E-state index contributed by atoms with van der Waals surface area (Å²) in [5, 5.41) is 14.0. The molecule has 6 nitrogen and oxygen atoms in total. The summed E-state index contributed by atoms with van der Waals surface area (Å²) in [7, 11) is 1.96. The molecule has 0 saturated carbocycles. The molecule has 2 aromatic rings. The number of fused-ring (bicyclic) bond motifs is 1. The van der Waals surface area contributed by atoms with E-state index in [0.717, 1.165) is 30.5 Å². The lowest BCUT2D eigenvalue weighted by molar-refractivity contribution is 0.234. The number of nitrogens with one attached hydrogen (secondary N) is 3. The van der Waals surface area contributed by atoms with Gasteiger partial charge in [0.05, 0.1) is 12.2 Å². The second-order valence-electron chi connectivity index (χ2n) is 7.33. The lowest BCUT2D eigenvalue weighted by Crippen LogP contribution is -2.45. The van der Waals surface area contributed by atoms with Crippen LogP contribution in [0.5, 0.6) is 0 Å². The Morgan fingerprint density at radius 3 is 2.81 bits per heavy atom. The van der Waals surface area contributed by atoms with Crippen molar-refractivity contribution in [2.75, 3.05) is 11.9 Å². The van der Waals surface area contributed by atoms with Crippen LogP contribution in [-0.4, -0.2) is 28.4 Å². The van der Waals surface area contributed by atoms with Crippen LogP contribution in [-0.2, 0) is 13.5 Å². The van der Waals surface area contributed by atoms with Crippen LogP contribution in [0.3, 0.4) is 0 Å². The van der Waals surface area contributed by atoms with Gasteiger partial charge in [0.25, 0.3) is 0 Å². The fraction of sp³-hybridized carbons (Fsp3) is 0.500. The Kier molecular flexibility index (Phi) is 5.81. The fourth-order valence-corrected chi connectivity index (χ4v) is 3.47. The Labute approximate surface area is 155 Å². The van der Waals surface area contributed by atoms with E-state index >= 15 is 0 Å². The number of benzene rings is 1. The monoisotopic (exact) mass is 355 g/mol. The van der Waals surface area contributed by atoms with E-state index < -0.39 is 0 Å². The molecule has 1 heterocycles. The number of amides is 2. The first-order chi connectivity index (χ1) is 12.5. The highest BCUT2D eigenvalue weighted by molar-refractivity contribution is 5.74. The largest absolute Gasteiger partial charge is 0.380 e. The van der Waals surface area contributed by atoms with Crippen LogP contribution in [0.4, 0.5) is 10.5 Å². The van der Waals surface area contributed by atoms with Gasteiger partial charge >= 0.3 is 6.03 Å². The molecule has 1 aromatic heterocycles. The molecular weight excluding hydrogens is 326 g/mol. The van der Waals surface area contributed by atoms with Crippen LogP contribution >= 0.6 is 0 Å². The van der Waals surface area contributed by atoms with Crippen LogP contribution in [0.1, 0.15) is 44.0 Å². The van der Waals surface area contributed by atoms with E-state index in [1.54, 1.807) is 0 Å². The standard InChI is InChI=1S/C20H29N5O/c1-14(2)18(23-15-8-5-4-6-9-15)13-21-20(26)24-17-10-7-11-19-16(17)12-22-25(19)3/h4-6,8-9,12,14,17-18,23H,7,10-11,13H2,1-3H3,(H2,21,24,26). The summed E-state index contributed by atoms with van der Waals surface area (Å²) >= 11 is 0. The predicted molar refractivity (Wildman–Crippen MR) is 104 cm³/mol. The second kappa shape index (κ2) is 8.25. The van der Waals surface area contributed by atoms with Crippen molar-refractivity contribution in [3.05, 3.63) is 47.8 Å². The number of para-hydroxylation sites is 1. The van der Waals surface area contributed by atoms with E-state index in [-0.39, 0.29) is 18.1 Å². The molecule has 1 aliphatic rings. The van der Waals surface area contributed by atoms with Crippen LogP contribution in [0.25, 0.3) is 0 Å². The SMILES string of the molecule is CC(C)C(CNC(=O)NC1CCCc2c1cnn2C)Nc1ccccc1. The molecule has 2 atom stereocenters. The lowest BCUT2D eigenvalue weighted by atomic mass is 9.93. The van der Waals surface area contributed by atoms with Gasteiger partial charge in [-0.25, -0.2) is 4.79 Å². The van der Waals surface area contributed by atoms with Crippen LogP contribution < -0.4 is 16.0 Å². The highest BCUT2D eigenvalue weighted by atomic mass is 16.2. The van der Waals surface area contributed by atoms with E-state index in [9.17, 15) is 4.79 Å². The number of aryl methyl sites for hydroxylation is 1. The van der Waals surface area contributed by atoms with Crippen molar-refractivity contribution < 1.29 is 4.79 Å². The molecule has 0 aliphatic heterocycles. The first-order valence-electron chi connectivity index (χ1n) is 9.41. The molecule has 0 saturated heterocycles. The summed E-state index contributed by atoms with van der Waals surface area (Å²) in [6.45, 7) is 4.89. The zero-order valence-corrected chi connectivity index (χ0v) is 15.8. The Hall–Kier alpha value is -2.50. The van der Waals surface area contributed by atoms with E-state index in [0.29, 0.717) is 12.5 Å². The van der Waals surface area contributed by atoms with Crippen LogP contribution in [0.15, 0.2) is 36.5 Å². The predicted octanol–water partition coefficient (Wildman–Crippen LogP) is 3.23. The summed E-state index contributed by atoms with van der Waals surface area (Å²) < 4.78 is 1.92. The minimum Gasteiger partial charge on any atom is -0.380 e. The van der Waals surface area contributed by atoms with Gasteiger partial charge in [-0.1, -0.05) is 32.0 Å². The Balaban J connectivity index is 1.54. The number of hydrogen-bond donors (Lipinski definition) is 3. The van der Waals surface area contributed by atoms with Crippen molar-refractivity contribution in [3.63, 3.8) is 0 Å². The summed E-state index contributed by atoms with van der Waals surface area (Å²) in [4.78, 5) is 12.4. The molecule has 3 N–H and O–H groups in total. The first kappa shape index (κ1) is 18.3. The number of anilines is 1. The van der Waals surface area contributed by atoms with Crippen molar-refractivity contribution in [2.24, 2.45) is 13.0 Å². The maximum atomic E-state index is 12.4. The molecule has 1 aliphatic carbocycles. The number of urea groups is 1. The zero-order chi connectivity index (χ0) is 18.5. The summed E-state index contributed by atoms with van der Waals surface area (Å²) in [5.41, 5.74) is 3.45. The van der Waals surface area contributed by atoms with Crippen molar-refractivity contribution in [3.8, 4) is 0 Å². The zero-order valence-electron chi connectivity index (χ0n) is 15.8. The van der Waals surface area contributed by atoms with Gasteiger partial charge in [-0.2, -0.15) is 5.10 Å². The maximum absolute atomic E-state index is 12.4. The highest BCUT2D eigenvalue weighted by Crippen LogP contribution is 2.28. The third kappa shape index (κ3) is 4.36. The Morgan fingerprint density at radius 1 is 1.31 bits per heavy atom. The van der Waals surface area contributed by atoms with Crippen LogP contribution in [0.2, 0.25) is 0 Å². The molecule has 6 heteroatoms. The smallest absolute Gasteiger partial charge is 0.315 e. The topological polar surface area (TPSA) is 71.0 Å². The number of carbonyl (C=O) groups is 1. The van der Waals surface area contributed by atoms with Gasteiger partial charge < -0.3 is 16.0 Å². The molecule has 0 spiro atoms. The highest BCUT2D eigenvalue weighted by Gasteiger charge is 2.25. The molecule has 140 valence electrons. The first-order valence-corrected chi connectivity index (χ1v) is 9.41. The molecule has 2 amide bonds. The number of hydrogen-bond acceptors (Lipinski definition) is 3. The fourth-order valence-electron chi connectivity index (χ4n) is 3.47. The minimum absolute atomic E-state index is 0.0482. The van der Waals surface area contributed by atoms with Crippen molar-refractivity contribution in [1.82, 2.24) is 20.4 Å². The average Bonchev–Trinajstić information content (AvgIpc) is 3.01. The third-order valence-electron chi connectivity index (χ3n) is 5.09. The normalized spacial score (nSPS) is 17.5. The van der Waals surface area contributed by atoms with Gasteiger partial charge in [0.2, 0.25) is 0 Å². The molecule has 2 unspecified atom stereocenters. The van der Waals surface area contributed by atoms with E-state index in [1.165, 1.54) is 5.69 Å². The molecule has 3 rings (SSSR count). The van der Waals surface area contributed by atoms with Crippen molar-refractivity contribution in [1.29, 1.82) is 0 Å². The molecule has 0 fully saturated rings. The third-order valence-corrected chi connectivity index (χ3v) is 5.09. The van der Waals surface area contributed by atoms with Gasteiger partial charge in [0.15, 0.2) is 0 Å². The van der Waals surface area contributed by atoms with Crippen molar-refractivity contribution in [2.45, 2.75) is 45.2 Å². The number of aromatic nitrogens is 2. The number of carbonyl (C=O) groups excluding carboxylic acids is 1. The maximum Gasteiger partial charge on any atom is 0.315 e. The Bertz CT molecular complexity index is 725. The molecule has 1 aromatic carbocycles. The summed E-state index contributed by atoms with van der Waals surface area (Å²) in [5.74, 6) is 0.398. The average molecular weight is 355 g/mol. The van der Waals surface area contributed by atoms with Gasteiger partial charge in [-0.3, -0.25) is 4.68 Å². The number of nitrogens with zero attached hydrogens (tertiary/aromatic N) is 2. The van der Waals surface area contributed by atoms with Gasteiger partial charge in [0, 0.05) is 36.6 Å². The van der Waals surface area contributed by atoms with Gasteiger partial charge in [-0.05, 0) is 37.3 Å². The van der Waals surface area contributed by atoms with Gasteiger partial charge in [0.1, 0.15) is 0 Å². The summed E-state index contributed by atoms with van der Waals surface area (Å²) in [6, 6.07) is 10.2. The van der Waals surface area contributed by atoms with Gasteiger partial charge in [-0.15, -0.1) is 0 Å². The van der Waals surface area contributed by atoms with E-state index in [4.69, 9.17) is 0 Å². The van der Waals surface area contributed by atoms with E-state index in [1.807, 2.05) is 48.3 Å². The van der Waals surface area contributed by atoms with Crippen LogP contribution in [0, 0.1) is 5.92 Å². The quantitative estimate of drug-likeness (QED) is 0.745. The molecule has 26 heavy (non-hydrogen) atoms. The second-order valence-corrected chi connectivity index (χ2v) is 7.33. The minimum atomic E-state index is -0.118. The Morgan fingerprint density at radius 2 is 2.08 bits per heavy atom. The molecule has 0 radical (unpaired) electrons.